The van der Waals surface area contributed by atoms with E-state index in [2.05, 4.69) is 10.3 Å². The molecule has 0 spiro atoms. The van der Waals surface area contributed by atoms with Gasteiger partial charge in [-0.2, -0.15) is 0 Å². The minimum Gasteiger partial charge on any atom is -0.345 e. The summed E-state index contributed by atoms with van der Waals surface area (Å²) in [6.45, 7) is 0. The number of hydrogen-bond acceptors (Lipinski definition) is 6. The van der Waals surface area contributed by atoms with Crippen molar-refractivity contribution in [1.82, 2.24) is 10.3 Å². The van der Waals surface area contributed by atoms with Gasteiger partial charge in [-0.3, -0.25) is 14.9 Å². The zero-order chi connectivity index (χ0) is 14.9. The predicted octanol–water partition coefficient (Wildman–Crippen LogP) is 0.684. The molecule has 2 rings (SSSR count). The molecule has 2 heterocycles. The Morgan fingerprint density at radius 3 is 2.80 bits per heavy atom. The van der Waals surface area contributed by atoms with Gasteiger partial charge < -0.3 is 5.32 Å². The van der Waals surface area contributed by atoms with E-state index in [-0.39, 0.29) is 22.2 Å². The van der Waals surface area contributed by atoms with Gasteiger partial charge in [-0.25, -0.2) is 13.4 Å². The molecular formula is C10H8ClN3O5S. The molecule has 1 aromatic heterocycles. The smallest absolute Gasteiger partial charge is 0.288 e. The number of hydrogen-bond donors (Lipinski definition) is 1. The number of nitrogens with zero attached hydrogens (tertiary/aromatic N) is 2. The number of carbonyl (C=O) groups is 1. The summed E-state index contributed by atoms with van der Waals surface area (Å²) in [6, 6.07) is 0.292. The third kappa shape index (κ3) is 3.11. The molecule has 0 aromatic carbocycles. The Labute approximate surface area is 118 Å². The number of nitrogens with one attached hydrogen (secondary N) is 1. The first-order valence-electron chi connectivity index (χ1n) is 5.30. The fraction of sp³-hybridized carbons (Fsp3) is 0.200. The van der Waals surface area contributed by atoms with Crippen molar-refractivity contribution in [2.75, 3.05) is 5.75 Å². The first-order valence-corrected chi connectivity index (χ1v) is 7.39. The predicted molar refractivity (Wildman–Crippen MR) is 70.1 cm³/mol. The molecule has 1 amide bonds. The van der Waals surface area contributed by atoms with Gasteiger partial charge in [0, 0.05) is 11.5 Å². The van der Waals surface area contributed by atoms with Gasteiger partial charge in [-0.05, 0) is 6.08 Å². The molecule has 1 aromatic rings. The molecule has 10 heteroatoms. The number of nitro groups is 1. The Morgan fingerprint density at radius 1 is 1.55 bits per heavy atom. The van der Waals surface area contributed by atoms with Crippen LogP contribution >= 0.6 is 11.6 Å². The summed E-state index contributed by atoms with van der Waals surface area (Å²) in [7, 11) is -3.31. The van der Waals surface area contributed by atoms with Crippen LogP contribution in [0.1, 0.15) is 10.4 Å². The van der Waals surface area contributed by atoms with Crippen LogP contribution in [0.25, 0.3) is 0 Å². The normalized spacial score (nSPS) is 19.8. The molecule has 8 nitrogen and oxygen atoms in total. The summed E-state index contributed by atoms with van der Waals surface area (Å²) >= 11 is 5.71. The first kappa shape index (κ1) is 14.4. The fourth-order valence-electron chi connectivity index (χ4n) is 1.61. The van der Waals surface area contributed by atoms with Gasteiger partial charge in [0.1, 0.15) is 11.3 Å². The van der Waals surface area contributed by atoms with E-state index >= 15 is 0 Å². The van der Waals surface area contributed by atoms with E-state index in [4.69, 9.17) is 11.6 Å². The van der Waals surface area contributed by atoms with E-state index in [1.165, 1.54) is 6.08 Å². The van der Waals surface area contributed by atoms with Gasteiger partial charge in [0.25, 0.3) is 11.6 Å². The minimum absolute atomic E-state index is 0.182. The molecule has 1 aliphatic heterocycles. The number of halogens is 1. The SMILES string of the molecule is O=C(NC1C=CS(=O)(=O)C1)c1cc([N+](=O)[O-])cnc1Cl. The number of pyridine rings is 1. The number of sulfone groups is 1. The number of aromatic nitrogens is 1. The molecular weight excluding hydrogens is 310 g/mol. The molecule has 0 saturated heterocycles. The van der Waals surface area contributed by atoms with E-state index in [9.17, 15) is 23.3 Å². The molecule has 0 bridgehead atoms. The van der Waals surface area contributed by atoms with Gasteiger partial charge in [0.2, 0.25) is 0 Å². The second-order valence-electron chi connectivity index (χ2n) is 4.03. The van der Waals surface area contributed by atoms with Gasteiger partial charge in [0.15, 0.2) is 9.84 Å². The summed E-state index contributed by atoms with van der Waals surface area (Å²) in [5.41, 5.74) is -0.562. The van der Waals surface area contributed by atoms with Crippen molar-refractivity contribution in [3.8, 4) is 0 Å². The summed E-state index contributed by atoms with van der Waals surface area (Å²) in [6.07, 6.45) is 2.25. The first-order chi connectivity index (χ1) is 9.28. The maximum Gasteiger partial charge on any atom is 0.288 e. The molecule has 0 aliphatic carbocycles. The van der Waals surface area contributed by atoms with Crippen LogP contribution in [0.4, 0.5) is 5.69 Å². The molecule has 106 valence electrons. The van der Waals surface area contributed by atoms with E-state index < -0.39 is 26.7 Å². The topological polar surface area (TPSA) is 119 Å². The van der Waals surface area contributed by atoms with E-state index in [1.54, 1.807) is 0 Å². The molecule has 0 radical (unpaired) electrons. The quantitative estimate of drug-likeness (QED) is 0.497. The lowest BCUT2D eigenvalue weighted by atomic mass is 10.2. The summed E-state index contributed by atoms with van der Waals surface area (Å²) in [5.74, 6) is -0.975. The minimum atomic E-state index is -3.31. The molecule has 0 saturated carbocycles. The van der Waals surface area contributed by atoms with Crippen LogP contribution < -0.4 is 5.32 Å². The summed E-state index contributed by atoms with van der Waals surface area (Å²) in [4.78, 5) is 25.4. The van der Waals surface area contributed by atoms with Gasteiger partial charge in [-0.15, -0.1) is 0 Å². The third-order valence-electron chi connectivity index (χ3n) is 2.53. The number of carbonyl (C=O) groups excluding carboxylic acids is 1. The third-order valence-corrected chi connectivity index (χ3v) is 4.22. The van der Waals surface area contributed by atoms with Crippen molar-refractivity contribution in [2.24, 2.45) is 0 Å². The van der Waals surface area contributed by atoms with Gasteiger partial charge in [-0.1, -0.05) is 11.6 Å². The second-order valence-corrected chi connectivity index (χ2v) is 6.32. The van der Waals surface area contributed by atoms with Gasteiger partial charge in [0.05, 0.1) is 22.3 Å². The maximum atomic E-state index is 11.9. The van der Waals surface area contributed by atoms with Crippen LogP contribution in [0.2, 0.25) is 5.15 Å². The standard InChI is InChI=1S/C10H8ClN3O5S/c11-9-8(3-7(4-12-9)14(16)17)10(15)13-6-1-2-20(18,19)5-6/h1-4,6H,5H2,(H,13,15). The van der Waals surface area contributed by atoms with Crippen molar-refractivity contribution in [3.63, 3.8) is 0 Å². The van der Waals surface area contributed by atoms with Crippen LogP contribution in [0.15, 0.2) is 23.7 Å². The highest BCUT2D eigenvalue weighted by molar-refractivity contribution is 7.94. The zero-order valence-corrected chi connectivity index (χ0v) is 11.4. The molecule has 1 N–H and O–H groups in total. The Hall–Kier alpha value is -2.00. The molecule has 1 unspecified atom stereocenters. The average molecular weight is 318 g/mol. The van der Waals surface area contributed by atoms with E-state index in [0.717, 1.165) is 17.7 Å². The lowest BCUT2D eigenvalue weighted by Crippen LogP contribution is -2.35. The van der Waals surface area contributed by atoms with Crippen LogP contribution in [-0.4, -0.2) is 36.0 Å². The van der Waals surface area contributed by atoms with Crippen LogP contribution in [0, 0.1) is 10.1 Å². The highest BCUT2D eigenvalue weighted by Crippen LogP contribution is 2.19. The van der Waals surface area contributed by atoms with Crippen molar-refractivity contribution >= 4 is 33.0 Å². The fourth-order valence-corrected chi connectivity index (χ4v) is 3.03. The van der Waals surface area contributed by atoms with Crippen molar-refractivity contribution < 1.29 is 18.1 Å². The van der Waals surface area contributed by atoms with Crippen LogP contribution in [0.3, 0.4) is 0 Å². The van der Waals surface area contributed by atoms with Crippen molar-refractivity contribution in [3.05, 3.63) is 44.6 Å². The van der Waals surface area contributed by atoms with Crippen molar-refractivity contribution in [2.45, 2.75) is 6.04 Å². The monoisotopic (exact) mass is 317 g/mol. The maximum absolute atomic E-state index is 11.9. The molecule has 1 aliphatic rings. The van der Waals surface area contributed by atoms with Gasteiger partial charge >= 0.3 is 0 Å². The molecule has 20 heavy (non-hydrogen) atoms. The second kappa shape index (κ2) is 5.17. The van der Waals surface area contributed by atoms with E-state index in [0.29, 0.717) is 0 Å². The Kier molecular flexibility index (Phi) is 3.73. The molecule has 1 atom stereocenters. The lowest BCUT2D eigenvalue weighted by Gasteiger charge is -2.10. The summed E-state index contributed by atoms with van der Waals surface area (Å²) in [5, 5.41) is 13.8. The summed E-state index contributed by atoms with van der Waals surface area (Å²) < 4.78 is 22.4. The zero-order valence-electron chi connectivity index (χ0n) is 9.82. The Morgan fingerprint density at radius 2 is 2.25 bits per heavy atom. The van der Waals surface area contributed by atoms with Crippen LogP contribution in [0.5, 0.6) is 0 Å². The van der Waals surface area contributed by atoms with Crippen molar-refractivity contribution in [1.29, 1.82) is 0 Å². The molecule has 0 fully saturated rings. The lowest BCUT2D eigenvalue weighted by molar-refractivity contribution is -0.385. The average Bonchev–Trinajstić information content (AvgIpc) is 2.68. The highest BCUT2D eigenvalue weighted by Gasteiger charge is 2.25. The largest absolute Gasteiger partial charge is 0.345 e. The highest BCUT2D eigenvalue weighted by atomic mass is 35.5. The Bertz CT molecular complexity index is 716. The van der Waals surface area contributed by atoms with E-state index in [1.807, 2.05) is 0 Å². The number of rotatable bonds is 3. The number of amides is 1. The van der Waals surface area contributed by atoms with Crippen LogP contribution in [-0.2, 0) is 9.84 Å². The Balaban J connectivity index is 2.20.